The van der Waals surface area contributed by atoms with Gasteiger partial charge < -0.3 is 0 Å². The first kappa shape index (κ1) is 11.2. The largest absolute Gasteiger partial charge is 0.274 e. The lowest BCUT2D eigenvalue weighted by Gasteiger charge is -2.17. The van der Waals surface area contributed by atoms with Gasteiger partial charge in [0.05, 0.1) is 17.5 Å². The maximum Gasteiger partial charge on any atom is 0.238 e. The van der Waals surface area contributed by atoms with Crippen LogP contribution in [-0.4, -0.2) is 11.8 Å². The van der Waals surface area contributed by atoms with Gasteiger partial charge in [-0.15, -0.1) is 0 Å². The number of benzene rings is 1. The normalized spacial score (nSPS) is 35.3. The van der Waals surface area contributed by atoms with E-state index in [-0.39, 0.29) is 35.5 Å². The van der Waals surface area contributed by atoms with E-state index in [0.29, 0.717) is 10.7 Å². The van der Waals surface area contributed by atoms with Crippen LogP contribution in [-0.2, 0) is 9.59 Å². The van der Waals surface area contributed by atoms with E-state index in [4.69, 9.17) is 11.6 Å². The van der Waals surface area contributed by atoms with Gasteiger partial charge in [-0.05, 0) is 36.5 Å². The molecule has 1 heterocycles. The van der Waals surface area contributed by atoms with Crippen LogP contribution in [0.15, 0.2) is 36.4 Å². The van der Waals surface area contributed by atoms with Gasteiger partial charge in [-0.3, -0.25) is 9.59 Å². The van der Waals surface area contributed by atoms with Crippen molar-refractivity contribution in [2.75, 3.05) is 4.90 Å². The molecule has 0 N–H and O–H groups in total. The Morgan fingerprint density at radius 3 is 2.26 bits per heavy atom. The molecule has 4 rings (SSSR count). The van der Waals surface area contributed by atoms with E-state index in [2.05, 4.69) is 12.2 Å². The molecule has 1 aromatic rings. The second kappa shape index (κ2) is 3.70. The van der Waals surface area contributed by atoms with Gasteiger partial charge in [-0.1, -0.05) is 29.8 Å². The Morgan fingerprint density at radius 1 is 1.05 bits per heavy atom. The molecule has 96 valence electrons. The molecule has 0 radical (unpaired) electrons. The third-order valence-electron chi connectivity index (χ3n) is 4.54. The molecule has 2 bridgehead atoms. The van der Waals surface area contributed by atoms with Crippen LogP contribution in [0.5, 0.6) is 0 Å². The molecule has 2 aliphatic carbocycles. The van der Waals surface area contributed by atoms with Crippen LogP contribution in [0, 0.1) is 23.7 Å². The molecule has 4 atom stereocenters. The lowest BCUT2D eigenvalue weighted by molar-refractivity contribution is -0.123. The van der Waals surface area contributed by atoms with Crippen LogP contribution in [0.25, 0.3) is 0 Å². The fourth-order valence-corrected chi connectivity index (χ4v) is 3.96. The smallest absolute Gasteiger partial charge is 0.238 e. The van der Waals surface area contributed by atoms with E-state index in [1.54, 1.807) is 24.3 Å². The average molecular weight is 274 g/mol. The Labute approximate surface area is 115 Å². The summed E-state index contributed by atoms with van der Waals surface area (Å²) in [6, 6.07) is 6.94. The summed E-state index contributed by atoms with van der Waals surface area (Å²) >= 11 is 5.95. The fourth-order valence-electron chi connectivity index (χ4n) is 3.77. The first-order valence-electron chi connectivity index (χ1n) is 6.48. The van der Waals surface area contributed by atoms with Gasteiger partial charge in [-0.25, -0.2) is 4.90 Å². The summed E-state index contributed by atoms with van der Waals surface area (Å²) < 4.78 is 0. The van der Waals surface area contributed by atoms with Gasteiger partial charge in [0.1, 0.15) is 0 Å². The Kier molecular flexibility index (Phi) is 2.19. The zero-order valence-electron chi connectivity index (χ0n) is 10.1. The molecule has 0 unspecified atom stereocenters. The number of halogens is 1. The van der Waals surface area contributed by atoms with Gasteiger partial charge in [0.2, 0.25) is 11.8 Å². The lowest BCUT2D eigenvalue weighted by Crippen LogP contribution is -2.32. The van der Waals surface area contributed by atoms with Crippen molar-refractivity contribution in [3.8, 4) is 0 Å². The first-order valence-corrected chi connectivity index (χ1v) is 6.86. The van der Waals surface area contributed by atoms with Crippen molar-refractivity contribution in [3.63, 3.8) is 0 Å². The minimum absolute atomic E-state index is 0.0610. The molecule has 2 amide bonds. The number of carbonyl (C=O) groups is 2. The number of fused-ring (bicyclic) bond motifs is 5. The fraction of sp³-hybridized carbons (Fsp3) is 0.333. The van der Waals surface area contributed by atoms with Crippen molar-refractivity contribution in [1.29, 1.82) is 0 Å². The number of anilines is 1. The highest BCUT2D eigenvalue weighted by Crippen LogP contribution is 2.53. The number of hydrogen-bond acceptors (Lipinski definition) is 2. The predicted octanol–water partition coefficient (Wildman–Crippen LogP) is 2.65. The van der Waals surface area contributed by atoms with Crippen LogP contribution in [0.3, 0.4) is 0 Å². The molecule has 1 saturated heterocycles. The highest BCUT2D eigenvalue weighted by Gasteiger charge is 2.59. The maximum atomic E-state index is 12.5. The molecule has 3 aliphatic rings. The predicted molar refractivity (Wildman–Crippen MR) is 71.7 cm³/mol. The Hall–Kier alpha value is -1.61. The van der Waals surface area contributed by atoms with Crippen LogP contribution < -0.4 is 4.90 Å². The van der Waals surface area contributed by atoms with Crippen molar-refractivity contribution in [3.05, 3.63) is 41.4 Å². The Balaban J connectivity index is 1.77. The molecule has 3 nitrogen and oxygen atoms in total. The minimum Gasteiger partial charge on any atom is -0.274 e. The SMILES string of the molecule is O=C1[C@@H]2[C@H](C(=O)N1c1cccc(Cl)c1)[C@H]1C=C[C@@H]2C1. The molecular weight excluding hydrogens is 262 g/mol. The number of amides is 2. The van der Waals surface area contributed by atoms with Crippen molar-refractivity contribution < 1.29 is 9.59 Å². The molecule has 19 heavy (non-hydrogen) atoms. The molecule has 2 fully saturated rings. The van der Waals surface area contributed by atoms with Crippen molar-refractivity contribution in [2.24, 2.45) is 23.7 Å². The third kappa shape index (κ3) is 1.39. The van der Waals surface area contributed by atoms with Crippen molar-refractivity contribution in [1.82, 2.24) is 0 Å². The van der Waals surface area contributed by atoms with Gasteiger partial charge in [0.15, 0.2) is 0 Å². The van der Waals surface area contributed by atoms with E-state index in [0.717, 1.165) is 6.42 Å². The molecule has 1 aromatic carbocycles. The zero-order chi connectivity index (χ0) is 13.1. The number of nitrogens with zero attached hydrogens (tertiary/aromatic N) is 1. The molecule has 4 heteroatoms. The summed E-state index contributed by atoms with van der Waals surface area (Å²) in [4.78, 5) is 26.4. The van der Waals surface area contributed by atoms with Gasteiger partial charge >= 0.3 is 0 Å². The van der Waals surface area contributed by atoms with Crippen LogP contribution >= 0.6 is 11.6 Å². The van der Waals surface area contributed by atoms with E-state index in [1.165, 1.54) is 4.90 Å². The number of imide groups is 1. The van der Waals surface area contributed by atoms with E-state index >= 15 is 0 Å². The summed E-state index contributed by atoms with van der Waals surface area (Å²) in [6.07, 6.45) is 5.15. The summed E-state index contributed by atoms with van der Waals surface area (Å²) in [6.45, 7) is 0. The molecular formula is C15H12ClNO2. The minimum atomic E-state index is -0.151. The Morgan fingerprint density at radius 2 is 1.68 bits per heavy atom. The quantitative estimate of drug-likeness (QED) is 0.583. The van der Waals surface area contributed by atoms with E-state index in [1.807, 2.05) is 0 Å². The van der Waals surface area contributed by atoms with E-state index in [9.17, 15) is 9.59 Å². The third-order valence-corrected chi connectivity index (χ3v) is 4.77. The topological polar surface area (TPSA) is 37.4 Å². The molecule has 1 aliphatic heterocycles. The first-order chi connectivity index (χ1) is 9.16. The summed E-state index contributed by atoms with van der Waals surface area (Å²) in [5, 5.41) is 0.538. The van der Waals surface area contributed by atoms with Gasteiger partial charge in [0, 0.05) is 5.02 Å². The monoisotopic (exact) mass is 273 g/mol. The maximum absolute atomic E-state index is 12.5. The molecule has 1 saturated carbocycles. The van der Waals surface area contributed by atoms with Crippen LogP contribution in [0.1, 0.15) is 6.42 Å². The summed E-state index contributed by atoms with van der Waals surface area (Å²) in [5.41, 5.74) is 0.594. The standard InChI is InChI=1S/C15H12ClNO2/c16-10-2-1-3-11(7-10)17-14(18)12-8-4-5-9(6-8)13(12)15(17)19/h1-5,7-9,12-13H,6H2/t8-,9+,12+,13-. The van der Waals surface area contributed by atoms with Gasteiger partial charge in [0.25, 0.3) is 0 Å². The number of rotatable bonds is 1. The zero-order valence-corrected chi connectivity index (χ0v) is 10.9. The van der Waals surface area contributed by atoms with Gasteiger partial charge in [-0.2, -0.15) is 0 Å². The van der Waals surface area contributed by atoms with Crippen molar-refractivity contribution >= 4 is 29.1 Å². The average Bonchev–Trinajstić information content (AvgIpc) is 3.04. The summed E-state index contributed by atoms with van der Waals surface area (Å²) in [5.74, 6) is 0.0671. The highest BCUT2D eigenvalue weighted by atomic mass is 35.5. The number of allylic oxidation sites excluding steroid dienone is 2. The van der Waals surface area contributed by atoms with Crippen LogP contribution in [0.4, 0.5) is 5.69 Å². The highest BCUT2D eigenvalue weighted by molar-refractivity contribution is 6.31. The number of hydrogen-bond donors (Lipinski definition) is 0. The molecule has 0 spiro atoms. The van der Waals surface area contributed by atoms with Crippen molar-refractivity contribution in [2.45, 2.75) is 6.42 Å². The Bertz CT molecular complexity index is 594. The number of carbonyl (C=O) groups excluding carboxylic acids is 2. The lowest BCUT2D eigenvalue weighted by atomic mass is 9.85. The second-order valence-corrected chi connectivity index (χ2v) is 5.93. The second-order valence-electron chi connectivity index (χ2n) is 5.49. The molecule has 0 aromatic heterocycles. The summed E-state index contributed by atoms with van der Waals surface area (Å²) in [7, 11) is 0. The van der Waals surface area contributed by atoms with Crippen LogP contribution in [0.2, 0.25) is 5.02 Å². The van der Waals surface area contributed by atoms with E-state index < -0.39 is 0 Å².